The number of hydrogen-bond donors (Lipinski definition) is 0. The number of ether oxygens (including phenoxy) is 2. The Morgan fingerprint density at radius 2 is 1.53 bits per heavy atom. The molecule has 0 fully saturated rings. The Balaban J connectivity index is 1.49. The highest BCUT2D eigenvalue weighted by atomic mass is 32.2. The highest BCUT2D eigenvalue weighted by Crippen LogP contribution is 2.43. The summed E-state index contributed by atoms with van der Waals surface area (Å²) < 4.78 is 12.4. The van der Waals surface area contributed by atoms with E-state index in [9.17, 15) is 4.79 Å². The Bertz CT molecular complexity index is 1190. The number of benzene rings is 3. The van der Waals surface area contributed by atoms with Crippen LogP contribution in [-0.4, -0.2) is 6.16 Å². The molecule has 0 spiro atoms. The third-order valence-corrected chi connectivity index (χ3v) is 7.48. The fraction of sp³-hybridized carbons (Fsp3) is 0.192. The summed E-state index contributed by atoms with van der Waals surface area (Å²) in [5, 5.41) is 1.28. The van der Waals surface area contributed by atoms with Gasteiger partial charge in [-0.2, -0.15) is 0 Å². The topological polar surface area (TPSA) is 35.5 Å². The number of fused-ring (bicyclic) bond motifs is 1. The van der Waals surface area contributed by atoms with Gasteiger partial charge in [-0.25, -0.2) is 4.79 Å². The quantitative estimate of drug-likeness (QED) is 0.194. The van der Waals surface area contributed by atoms with Crippen molar-refractivity contribution in [3.63, 3.8) is 0 Å². The van der Waals surface area contributed by atoms with Crippen LogP contribution in [-0.2, 0) is 10.3 Å². The van der Waals surface area contributed by atoms with E-state index in [1.165, 1.54) is 19.9 Å². The molecule has 0 N–H and O–H groups in total. The molecule has 0 aliphatic rings. The third-order valence-electron chi connectivity index (χ3n) is 5.17. The van der Waals surface area contributed by atoms with Crippen molar-refractivity contribution >= 4 is 26.7 Å². The van der Waals surface area contributed by atoms with Crippen LogP contribution < -0.4 is 4.74 Å². The van der Waals surface area contributed by atoms with Crippen molar-refractivity contribution in [1.82, 2.24) is 0 Å². The van der Waals surface area contributed by atoms with Crippen LogP contribution in [0.25, 0.3) is 15.0 Å². The molecule has 3 nitrogen and oxygen atoms in total. The van der Waals surface area contributed by atoms with Crippen LogP contribution in [0.4, 0.5) is 4.79 Å². The molecule has 1 heterocycles. The minimum Gasteiger partial charge on any atom is -0.423 e. The SMILES string of the molecule is Cc1ccc(C(C)(C)OC(=O)Oc2ccc(-[s+]3c(C)cc4ccccc43)cc2)cc1. The molecule has 0 aliphatic carbocycles. The molecule has 1 aromatic heterocycles. The summed E-state index contributed by atoms with van der Waals surface area (Å²) in [5.41, 5.74) is 1.30. The molecule has 1 atom stereocenters. The first-order valence-electron chi connectivity index (χ1n) is 9.93. The van der Waals surface area contributed by atoms with Crippen molar-refractivity contribution in [1.29, 1.82) is 0 Å². The number of thiophene rings is 1. The molecule has 4 heteroatoms. The highest BCUT2D eigenvalue weighted by molar-refractivity contribution is 7.45. The van der Waals surface area contributed by atoms with Gasteiger partial charge in [0.15, 0.2) is 14.5 Å². The molecular formula is C26H25O3S+. The van der Waals surface area contributed by atoms with Crippen molar-refractivity contribution in [2.75, 3.05) is 0 Å². The molecule has 30 heavy (non-hydrogen) atoms. The first kappa shape index (κ1) is 20.2. The Kier molecular flexibility index (Phi) is 5.35. The molecule has 152 valence electrons. The van der Waals surface area contributed by atoms with Gasteiger partial charge in [-0.15, -0.1) is 0 Å². The Labute approximate surface area is 179 Å². The van der Waals surface area contributed by atoms with Gasteiger partial charge in [-0.1, -0.05) is 42.0 Å². The van der Waals surface area contributed by atoms with E-state index in [0.717, 1.165) is 11.1 Å². The van der Waals surface area contributed by atoms with Crippen LogP contribution in [0.15, 0.2) is 78.9 Å². The minimum atomic E-state index is -0.776. The smallest absolute Gasteiger partial charge is 0.423 e. The summed E-state index contributed by atoms with van der Waals surface area (Å²) in [5.74, 6) is 0.473. The zero-order valence-electron chi connectivity index (χ0n) is 17.6. The van der Waals surface area contributed by atoms with Gasteiger partial charge < -0.3 is 9.47 Å². The van der Waals surface area contributed by atoms with Crippen molar-refractivity contribution in [3.05, 3.63) is 94.9 Å². The van der Waals surface area contributed by atoms with Crippen molar-refractivity contribution in [3.8, 4) is 10.6 Å². The fourth-order valence-electron chi connectivity index (χ4n) is 3.53. The van der Waals surface area contributed by atoms with E-state index in [4.69, 9.17) is 9.47 Å². The average Bonchev–Trinajstić information content (AvgIpc) is 3.04. The second-order valence-electron chi connectivity index (χ2n) is 7.90. The number of hydrogen-bond acceptors (Lipinski definition) is 3. The predicted octanol–water partition coefficient (Wildman–Crippen LogP) is 7.65. The van der Waals surface area contributed by atoms with Gasteiger partial charge in [0.25, 0.3) is 0 Å². The van der Waals surface area contributed by atoms with Crippen LogP contribution in [0.5, 0.6) is 5.75 Å². The average molecular weight is 418 g/mol. The van der Waals surface area contributed by atoms with E-state index < -0.39 is 11.8 Å². The van der Waals surface area contributed by atoms with Crippen LogP contribution in [0.2, 0.25) is 0 Å². The maximum atomic E-state index is 12.4. The van der Waals surface area contributed by atoms with Crippen LogP contribution >= 0.6 is 10.5 Å². The van der Waals surface area contributed by atoms with Gasteiger partial charge in [-0.05, 0) is 50.6 Å². The Hall–Kier alpha value is -3.11. The lowest BCUT2D eigenvalue weighted by Gasteiger charge is -2.25. The third kappa shape index (κ3) is 4.10. The number of carbonyl (C=O) groups excluding carboxylic acids is 1. The van der Waals surface area contributed by atoms with E-state index in [0.29, 0.717) is 5.75 Å². The Morgan fingerprint density at radius 3 is 2.23 bits per heavy atom. The molecule has 0 saturated heterocycles. The van der Waals surface area contributed by atoms with E-state index in [1.54, 1.807) is 0 Å². The highest BCUT2D eigenvalue weighted by Gasteiger charge is 2.27. The largest absolute Gasteiger partial charge is 0.514 e. The van der Waals surface area contributed by atoms with Crippen LogP contribution in [0.3, 0.4) is 0 Å². The first-order chi connectivity index (χ1) is 14.3. The van der Waals surface area contributed by atoms with Gasteiger partial charge in [0.2, 0.25) is 0 Å². The van der Waals surface area contributed by atoms with E-state index >= 15 is 0 Å². The molecular weight excluding hydrogens is 392 g/mol. The lowest BCUT2D eigenvalue weighted by Crippen LogP contribution is -2.27. The summed E-state index contributed by atoms with van der Waals surface area (Å²) >= 11 is 0. The maximum absolute atomic E-state index is 12.4. The monoisotopic (exact) mass is 417 g/mol. The number of aryl methyl sites for hydroxylation is 2. The maximum Gasteiger partial charge on any atom is 0.514 e. The zero-order valence-corrected chi connectivity index (χ0v) is 18.5. The molecule has 0 radical (unpaired) electrons. The second-order valence-corrected chi connectivity index (χ2v) is 10.1. The zero-order chi connectivity index (χ0) is 21.3. The molecule has 4 aromatic rings. The van der Waals surface area contributed by atoms with E-state index in [-0.39, 0.29) is 10.5 Å². The van der Waals surface area contributed by atoms with Gasteiger partial charge in [0.05, 0.1) is 0 Å². The second kappa shape index (κ2) is 7.96. The molecule has 0 amide bonds. The molecule has 1 unspecified atom stereocenters. The van der Waals surface area contributed by atoms with Gasteiger partial charge in [-0.3, -0.25) is 0 Å². The lowest BCUT2D eigenvalue weighted by molar-refractivity contribution is 0.00637. The summed E-state index contributed by atoms with van der Waals surface area (Å²) in [6.45, 7) is 7.90. The Morgan fingerprint density at radius 1 is 0.867 bits per heavy atom. The summed E-state index contributed by atoms with van der Waals surface area (Å²) in [7, 11) is -0.0847. The van der Waals surface area contributed by atoms with E-state index in [1.807, 2.05) is 69.3 Å². The number of rotatable bonds is 4. The fourth-order valence-corrected chi connectivity index (χ4v) is 5.74. The minimum absolute atomic E-state index is 0.0847. The molecule has 0 aliphatic heterocycles. The summed E-state index contributed by atoms with van der Waals surface area (Å²) in [4.78, 5) is 14.9. The van der Waals surface area contributed by atoms with Crippen molar-refractivity contribution in [2.24, 2.45) is 0 Å². The van der Waals surface area contributed by atoms with E-state index in [2.05, 4.69) is 37.3 Å². The lowest BCUT2D eigenvalue weighted by atomic mass is 9.97. The molecule has 0 bridgehead atoms. The number of carbonyl (C=O) groups is 1. The van der Waals surface area contributed by atoms with Gasteiger partial charge >= 0.3 is 6.16 Å². The van der Waals surface area contributed by atoms with Crippen molar-refractivity contribution < 1.29 is 14.3 Å². The van der Waals surface area contributed by atoms with Gasteiger partial charge in [0, 0.05) is 41.0 Å². The first-order valence-corrected chi connectivity index (χ1v) is 11.2. The molecule has 4 rings (SSSR count). The normalized spacial score (nSPS) is 12.1. The van der Waals surface area contributed by atoms with Crippen molar-refractivity contribution in [2.45, 2.75) is 33.3 Å². The standard InChI is InChI=1S/C26H25O3S/c1-18-9-11-21(12-10-18)26(3,4)29-25(27)28-22-13-15-23(16-14-22)30-19(2)17-20-7-5-6-8-24(20)30/h5-17H,1-4H3/q+1. The molecule has 0 saturated carbocycles. The molecule has 3 aromatic carbocycles. The van der Waals surface area contributed by atoms with Crippen LogP contribution in [0, 0.1) is 13.8 Å². The predicted molar refractivity (Wildman–Crippen MR) is 124 cm³/mol. The summed E-state index contributed by atoms with van der Waals surface area (Å²) in [6.07, 6.45) is -0.710. The summed E-state index contributed by atoms with van der Waals surface area (Å²) in [6, 6.07) is 26.4. The van der Waals surface area contributed by atoms with Crippen LogP contribution in [0.1, 0.15) is 29.9 Å². The van der Waals surface area contributed by atoms with Gasteiger partial charge in [0.1, 0.15) is 11.4 Å².